The second kappa shape index (κ2) is 13.0. The number of benzene rings is 1. The van der Waals surface area contributed by atoms with Gasteiger partial charge in [-0.25, -0.2) is 9.98 Å². The van der Waals surface area contributed by atoms with Crippen molar-refractivity contribution in [3.63, 3.8) is 0 Å². The van der Waals surface area contributed by atoms with E-state index in [1.54, 1.807) is 0 Å². The lowest BCUT2D eigenvalue weighted by atomic mass is 10.2. The topological polar surface area (TPSA) is 65.0 Å². The first-order chi connectivity index (χ1) is 15.7. The molecule has 1 saturated heterocycles. The van der Waals surface area contributed by atoms with Crippen LogP contribution in [-0.4, -0.2) is 68.8 Å². The lowest BCUT2D eigenvalue weighted by molar-refractivity contribution is 0.0931. The lowest BCUT2D eigenvalue weighted by Crippen LogP contribution is -2.45. The second-order valence-corrected chi connectivity index (χ2v) is 8.46. The fraction of sp³-hybridized carbons (Fsp3) is 0.520. The van der Waals surface area contributed by atoms with Crippen LogP contribution < -0.4 is 15.5 Å². The summed E-state index contributed by atoms with van der Waals surface area (Å²) in [6.07, 6.45) is 1.88. The summed E-state index contributed by atoms with van der Waals surface area (Å²) in [4.78, 5) is 14.2. The van der Waals surface area contributed by atoms with Crippen molar-refractivity contribution in [2.75, 3.05) is 57.8 Å². The summed E-state index contributed by atoms with van der Waals surface area (Å²) in [7, 11) is 2.17. The van der Waals surface area contributed by atoms with Crippen LogP contribution in [0.15, 0.2) is 53.7 Å². The van der Waals surface area contributed by atoms with E-state index in [9.17, 15) is 0 Å². The van der Waals surface area contributed by atoms with Gasteiger partial charge in [-0.1, -0.05) is 43.3 Å². The van der Waals surface area contributed by atoms with E-state index in [-0.39, 0.29) is 0 Å². The summed E-state index contributed by atoms with van der Waals surface area (Å²) in [5, 5.41) is 6.81. The zero-order valence-electron chi connectivity index (χ0n) is 19.8. The molecule has 2 N–H and O–H groups in total. The third kappa shape index (κ3) is 7.80. The minimum atomic E-state index is 0.377. The minimum Gasteiger partial charge on any atom is -0.376 e. The monoisotopic (exact) mass is 438 g/mol. The third-order valence-electron chi connectivity index (χ3n) is 5.55. The molecule has 174 valence electrons. The Morgan fingerprint density at radius 2 is 1.88 bits per heavy atom. The fourth-order valence-corrected chi connectivity index (χ4v) is 3.64. The van der Waals surface area contributed by atoms with Crippen LogP contribution in [0.4, 0.5) is 5.82 Å². The Hall–Kier alpha value is -2.64. The van der Waals surface area contributed by atoms with Crippen molar-refractivity contribution in [2.24, 2.45) is 10.9 Å². The normalized spacial score (nSPS) is 16.1. The van der Waals surface area contributed by atoms with Crippen molar-refractivity contribution in [3.8, 4) is 0 Å². The molecule has 3 rings (SSSR count). The van der Waals surface area contributed by atoms with Gasteiger partial charge in [0.1, 0.15) is 5.82 Å². The Labute approximate surface area is 192 Å². The molecule has 1 atom stereocenters. The molecular weight excluding hydrogens is 400 g/mol. The number of nitrogens with one attached hydrogen (secondary N) is 2. The predicted octanol–water partition coefficient (Wildman–Crippen LogP) is 2.74. The molecule has 1 aliphatic rings. The van der Waals surface area contributed by atoms with Crippen LogP contribution >= 0.6 is 0 Å². The smallest absolute Gasteiger partial charge is 0.191 e. The molecule has 1 fully saturated rings. The first-order valence-electron chi connectivity index (χ1n) is 11.7. The van der Waals surface area contributed by atoms with Gasteiger partial charge >= 0.3 is 0 Å². The molecule has 1 aromatic heterocycles. The number of ether oxygens (including phenoxy) is 1. The highest BCUT2D eigenvalue weighted by Crippen LogP contribution is 2.19. The van der Waals surface area contributed by atoms with Crippen LogP contribution in [0.2, 0.25) is 0 Å². The van der Waals surface area contributed by atoms with E-state index in [1.807, 2.05) is 30.5 Å². The Morgan fingerprint density at radius 1 is 1.09 bits per heavy atom. The highest BCUT2D eigenvalue weighted by molar-refractivity contribution is 5.79. The third-order valence-corrected chi connectivity index (χ3v) is 5.55. The Morgan fingerprint density at radius 3 is 2.62 bits per heavy atom. The summed E-state index contributed by atoms with van der Waals surface area (Å²) in [5.74, 6) is 2.26. The van der Waals surface area contributed by atoms with E-state index in [2.05, 4.69) is 64.5 Å². The number of guanidine groups is 1. The number of pyridine rings is 1. The van der Waals surface area contributed by atoms with Gasteiger partial charge in [-0.3, -0.25) is 0 Å². The molecule has 2 heterocycles. The van der Waals surface area contributed by atoms with Crippen LogP contribution in [-0.2, 0) is 17.9 Å². The molecule has 0 spiro atoms. The Bertz CT molecular complexity index is 820. The van der Waals surface area contributed by atoms with Gasteiger partial charge in [-0.15, -0.1) is 0 Å². The summed E-state index contributed by atoms with van der Waals surface area (Å²) in [6.45, 7) is 12.0. The van der Waals surface area contributed by atoms with Gasteiger partial charge in [0.15, 0.2) is 5.96 Å². The molecule has 2 aromatic rings. The molecule has 0 amide bonds. The largest absolute Gasteiger partial charge is 0.376 e. The maximum atomic E-state index is 5.88. The van der Waals surface area contributed by atoms with Gasteiger partial charge in [0.2, 0.25) is 0 Å². The minimum absolute atomic E-state index is 0.377. The number of rotatable bonds is 10. The summed E-state index contributed by atoms with van der Waals surface area (Å²) in [6, 6.07) is 14.4. The van der Waals surface area contributed by atoms with Gasteiger partial charge in [-0.05, 0) is 31.5 Å². The van der Waals surface area contributed by atoms with E-state index in [0.29, 0.717) is 25.7 Å². The predicted molar refractivity (Wildman–Crippen MR) is 132 cm³/mol. The molecule has 1 unspecified atom stereocenters. The molecular formula is C25H38N6O. The quantitative estimate of drug-likeness (QED) is 0.439. The molecule has 7 nitrogen and oxygen atoms in total. The summed E-state index contributed by atoms with van der Waals surface area (Å²) in [5.41, 5.74) is 2.36. The van der Waals surface area contributed by atoms with E-state index >= 15 is 0 Å². The molecule has 0 radical (unpaired) electrons. The van der Waals surface area contributed by atoms with Crippen LogP contribution in [0, 0.1) is 5.92 Å². The molecule has 7 heteroatoms. The van der Waals surface area contributed by atoms with Crippen molar-refractivity contribution >= 4 is 11.8 Å². The molecule has 0 saturated carbocycles. The van der Waals surface area contributed by atoms with Crippen molar-refractivity contribution in [3.05, 3.63) is 59.8 Å². The first-order valence-corrected chi connectivity index (χ1v) is 11.7. The van der Waals surface area contributed by atoms with Crippen LogP contribution in [0.1, 0.15) is 25.0 Å². The van der Waals surface area contributed by atoms with E-state index < -0.39 is 0 Å². The van der Waals surface area contributed by atoms with Crippen molar-refractivity contribution in [1.29, 1.82) is 0 Å². The molecule has 0 bridgehead atoms. The highest BCUT2D eigenvalue weighted by atomic mass is 16.5. The van der Waals surface area contributed by atoms with Crippen LogP contribution in [0.3, 0.4) is 0 Å². The SMILES string of the molecule is CCNC(=NCc1cccnc1N1CCN(C)CC1)NCC(C)COCc1ccccc1. The Kier molecular flexibility index (Phi) is 9.78. The molecule has 1 aromatic carbocycles. The highest BCUT2D eigenvalue weighted by Gasteiger charge is 2.17. The standard InChI is InChI=1S/C25H38N6O/c1-4-26-25(28-17-21(2)19-32-20-22-9-6-5-7-10-22)29-18-23-11-8-12-27-24(23)31-15-13-30(3)14-16-31/h5-12,21H,4,13-20H2,1-3H3,(H2,26,28,29). The molecule has 0 aliphatic carbocycles. The molecule has 1 aliphatic heterocycles. The van der Waals surface area contributed by atoms with Crippen molar-refractivity contribution in [1.82, 2.24) is 20.5 Å². The van der Waals surface area contributed by atoms with Gasteiger partial charge in [-0.2, -0.15) is 0 Å². The summed E-state index contributed by atoms with van der Waals surface area (Å²) < 4.78 is 5.88. The average molecular weight is 439 g/mol. The van der Waals surface area contributed by atoms with Crippen molar-refractivity contribution < 1.29 is 4.74 Å². The van der Waals surface area contributed by atoms with E-state index in [4.69, 9.17) is 9.73 Å². The first kappa shape index (κ1) is 24.0. The lowest BCUT2D eigenvalue weighted by Gasteiger charge is -2.34. The van der Waals surface area contributed by atoms with Gasteiger partial charge in [0, 0.05) is 51.0 Å². The maximum absolute atomic E-state index is 5.88. The number of anilines is 1. The van der Waals surface area contributed by atoms with Crippen molar-refractivity contribution in [2.45, 2.75) is 27.0 Å². The van der Waals surface area contributed by atoms with E-state index in [0.717, 1.165) is 56.6 Å². The van der Waals surface area contributed by atoms with E-state index in [1.165, 1.54) is 5.56 Å². The summed E-state index contributed by atoms with van der Waals surface area (Å²) >= 11 is 0. The number of aromatic nitrogens is 1. The Balaban J connectivity index is 1.50. The number of hydrogen-bond acceptors (Lipinski definition) is 5. The fourth-order valence-electron chi connectivity index (χ4n) is 3.64. The zero-order chi connectivity index (χ0) is 22.6. The number of piperazine rings is 1. The maximum Gasteiger partial charge on any atom is 0.191 e. The number of likely N-dealkylation sites (N-methyl/N-ethyl adjacent to an activating group) is 1. The van der Waals surface area contributed by atoms with Crippen LogP contribution in [0.25, 0.3) is 0 Å². The number of hydrogen-bond donors (Lipinski definition) is 2. The average Bonchev–Trinajstić information content (AvgIpc) is 2.82. The van der Waals surface area contributed by atoms with Gasteiger partial charge in [0.05, 0.1) is 19.8 Å². The van der Waals surface area contributed by atoms with Crippen LogP contribution in [0.5, 0.6) is 0 Å². The van der Waals surface area contributed by atoms with Gasteiger partial charge < -0.3 is 25.2 Å². The zero-order valence-corrected chi connectivity index (χ0v) is 19.8. The molecule has 32 heavy (non-hydrogen) atoms. The van der Waals surface area contributed by atoms with Gasteiger partial charge in [0.25, 0.3) is 0 Å². The second-order valence-electron chi connectivity index (χ2n) is 8.46. The number of nitrogens with zero attached hydrogens (tertiary/aromatic N) is 4. The number of aliphatic imine (C=N–C) groups is 1.